The Morgan fingerprint density at radius 1 is 1.08 bits per heavy atom. The molecule has 0 aliphatic heterocycles. The van der Waals surface area contributed by atoms with Crippen LogP contribution in [0.3, 0.4) is 0 Å². The van der Waals surface area contributed by atoms with E-state index in [2.05, 4.69) is 53.4 Å². The Labute approximate surface area is 237 Å². The monoisotopic (exact) mass is 539 g/mol. The summed E-state index contributed by atoms with van der Waals surface area (Å²) in [5.41, 5.74) is 1.36. The van der Waals surface area contributed by atoms with Gasteiger partial charge in [-0.1, -0.05) is 52.3 Å². The first-order chi connectivity index (χ1) is 18.0. The Morgan fingerprint density at radius 3 is 2.31 bits per heavy atom. The van der Waals surface area contributed by atoms with Crippen LogP contribution in [0.1, 0.15) is 113 Å². The van der Waals surface area contributed by atoms with Crippen molar-refractivity contribution in [2.75, 3.05) is 7.11 Å². The maximum atomic E-state index is 14.4. The summed E-state index contributed by atoms with van der Waals surface area (Å²) in [6.45, 7) is 22.0. The Morgan fingerprint density at radius 2 is 1.72 bits per heavy atom. The maximum Gasteiger partial charge on any atom is 0.305 e. The molecule has 3 saturated carbocycles. The smallest absolute Gasteiger partial charge is 0.305 e. The topological polar surface area (TPSA) is 72.5 Å². The number of carbonyl (C=O) groups excluding carboxylic acids is 3. The highest BCUT2D eigenvalue weighted by atomic mass is 16.5. The normalized spacial score (nSPS) is 43.5. The highest BCUT2D eigenvalue weighted by molar-refractivity contribution is 5.96. The predicted octanol–water partition coefficient (Wildman–Crippen LogP) is 7.20. The summed E-state index contributed by atoms with van der Waals surface area (Å²) in [7, 11) is 1.44. The van der Waals surface area contributed by atoms with E-state index in [-0.39, 0.29) is 63.1 Å². The number of fused-ring (bicyclic) bond motifs is 5. The highest BCUT2D eigenvalue weighted by Crippen LogP contribution is 2.73. The lowest BCUT2D eigenvalue weighted by molar-refractivity contribution is -0.165. The molecule has 3 fully saturated rings. The van der Waals surface area contributed by atoms with E-state index in [1.165, 1.54) is 12.7 Å². The van der Waals surface area contributed by atoms with Crippen LogP contribution in [-0.2, 0) is 19.1 Å². The second-order valence-corrected chi connectivity index (χ2v) is 15.3. The first kappa shape index (κ1) is 30.1. The molecule has 5 nitrogen and oxygen atoms in total. The van der Waals surface area contributed by atoms with Crippen molar-refractivity contribution in [3.8, 4) is 0 Å². The molecule has 1 amide bonds. The molecule has 8 atom stereocenters. The van der Waals surface area contributed by atoms with Crippen molar-refractivity contribution >= 4 is 17.7 Å². The Hall–Kier alpha value is -1.91. The van der Waals surface area contributed by atoms with Crippen molar-refractivity contribution in [1.82, 2.24) is 5.32 Å². The standard InChI is InChI=1S/C34H53NO4/c1-21(2)23-11-14-34(9)28(32(23,7)13-12-27(37)39-10)26(36)19-24-25-20-31(6,29(38)35-22(3)4)16-15-30(25,5)17-18-33(24,34)8/h19,22-23,25,28H,1,11-18,20H2,2-10H3,(H,35,38)/t23?,25-,28?,30+,31-,32-,33+,34+/m0/s1. The fourth-order valence-corrected chi connectivity index (χ4v) is 9.82. The molecule has 0 aromatic rings. The fourth-order valence-electron chi connectivity index (χ4n) is 9.82. The van der Waals surface area contributed by atoms with E-state index >= 15 is 0 Å². The van der Waals surface area contributed by atoms with Crippen LogP contribution in [-0.4, -0.2) is 30.8 Å². The van der Waals surface area contributed by atoms with Gasteiger partial charge in [-0.25, -0.2) is 0 Å². The molecule has 0 radical (unpaired) electrons. The minimum absolute atomic E-state index is 0.107. The molecular weight excluding hydrogens is 486 g/mol. The van der Waals surface area contributed by atoms with Crippen molar-refractivity contribution < 1.29 is 19.1 Å². The van der Waals surface area contributed by atoms with Crippen LogP contribution in [0.25, 0.3) is 0 Å². The third-order valence-electron chi connectivity index (χ3n) is 12.5. The fraction of sp³-hybridized carbons (Fsp3) is 0.794. The summed E-state index contributed by atoms with van der Waals surface area (Å²) in [4.78, 5) is 40.1. The van der Waals surface area contributed by atoms with E-state index in [9.17, 15) is 14.4 Å². The second-order valence-electron chi connectivity index (χ2n) is 15.3. The number of rotatable bonds is 6. The molecule has 218 valence electrons. The number of esters is 1. The molecule has 0 spiro atoms. The molecule has 0 heterocycles. The van der Waals surface area contributed by atoms with Gasteiger partial charge in [-0.3, -0.25) is 14.4 Å². The number of carbonyl (C=O) groups is 3. The molecule has 0 saturated heterocycles. The quantitative estimate of drug-likeness (QED) is 0.286. The van der Waals surface area contributed by atoms with Crippen molar-refractivity contribution in [3.63, 3.8) is 0 Å². The van der Waals surface area contributed by atoms with E-state index < -0.39 is 5.41 Å². The van der Waals surface area contributed by atoms with E-state index in [4.69, 9.17) is 4.74 Å². The number of methoxy groups -OCH3 is 1. The van der Waals surface area contributed by atoms with Crippen molar-refractivity contribution in [1.29, 1.82) is 0 Å². The summed E-state index contributed by atoms with van der Waals surface area (Å²) in [6, 6.07) is 0.112. The minimum atomic E-state index is -0.430. The number of hydrogen-bond acceptors (Lipinski definition) is 4. The zero-order valence-corrected chi connectivity index (χ0v) is 26.1. The largest absolute Gasteiger partial charge is 0.469 e. The second kappa shape index (κ2) is 9.87. The lowest BCUT2D eigenvalue weighted by atomic mass is 9.35. The number of ketones is 1. The summed E-state index contributed by atoms with van der Waals surface area (Å²) in [5, 5.41) is 3.19. The molecule has 39 heavy (non-hydrogen) atoms. The molecule has 1 N–H and O–H groups in total. The van der Waals surface area contributed by atoms with Gasteiger partial charge in [-0.05, 0) is 112 Å². The van der Waals surface area contributed by atoms with Crippen molar-refractivity contribution in [3.05, 3.63) is 23.8 Å². The van der Waals surface area contributed by atoms with E-state index in [0.717, 1.165) is 50.5 Å². The van der Waals surface area contributed by atoms with Gasteiger partial charge in [0.05, 0.1) is 7.11 Å². The number of allylic oxidation sites excluding steroid dienone is 3. The zero-order chi connectivity index (χ0) is 29.2. The van der Waals surface area contributed by atoms with Gasteiger partial charge in [0, 0.05) is 23.8 Å². The van der Waals surface area contributed by atoms with Crippen LogP contribution in [0.15, 0.2) is 23.8 Å². The van der Waals surface area contributed by atoms with Gasteiger partial charge < -0.3 is 10.1 Å². The van der Waals surface area contributed by atoms with Gasteiger partial charge in [0.15, 0.2) is 5.78 Å². The number of nitrogens with one attached hydrogen (secondary N) is 1. The lowest BCUT2D eigenvalue weighted by Gasteiger charge is -2.68. The Balaban J connectivity index is 1.80. The summed E-state index contributed by atoms with van der Waals surface area (Å²) in [6.07, 6.45) is 9.79. The molecule has 5 heteroatoms. The molecule has 4 aliphatic rings. The Bertz CT molecular complexity index is 1090. The molecule has 4 aliphatic carbocycles. The SMILES string of the molecule is C=C(C)C1CC[C@]2(C)C(C(=O)C=C3[C@@H]4C[C@@](C)(C(=O)NC(C)C)CC[C@]4(C)CC[C@]32C)[C@@]1(C)CCC(=O)OC. The van der Waals surface area contributed by atoms with Crippen LogP contribution in [0.4, 0.5) is 0 Å². The summed E-state index contributed by atoms with van der Waals surface area (Å²) in [5.74, 6) is 0.373. The van der Waals surface area contributed by atoms with Crippen LogP contribution in [0, 0.1) is 44.8 Å². The van der Waals surface area contributed by atoms with Gasteiger partial charge >= 0.3 is 5.97 Å². The Kier molecular flexibility index (Phi) is 7.61. The van der Waals surface area contributed by atoms with E-state index in [0.29, 0.717) is 12.8 Å². The lowest BCUT2D eigenvalue weighted by Crippen LogP contribution is -2.63. The highest BCUT2D eigenvalue weighted by Gasteiger charge is 2.68. The molecule has 4 rings (SSSR count). The number of ether oxygens (including phenoxy) is 1. The average molecular weight is 540 g/mol. The van der Waals surface area contributed by atoms with Crippen molar-refractivity contribution in [2.24, 2.45) is 44.8 Å². The predicted molar refractivity (Wildman–Crippen MR) is 156 cm³/mol. The number of amides is 1. The van der Waals surface area contributed by atoms with Gasteiger partial charge in [-0.15, -0.1) is 0 Å². The van der Waals surface area contributed by atoms with Crippen LogP contribution < -0.4 is 5.32 Å². The first-order valence-electron chi connectivity index (χ1n) is 15.3. The third-order valence-corrected chi connectivity index (χ3v) is 12.5. The molecule has 0 aromatic heterocycles. The average Bonchev–Trinajstić information content (AvgIpc) is 2.84. The first-order valence-corrected chi connectivity index (χ1v) is 15.3. The van der Waals surface area contributed by atoms with E-state index in [1.54, 1.807) is 0 Å². The van der Waals surface area contributed by atoms with Crippen LogP contribution in [0.2, 0.25) is 0 Å². The number of hydrogen-bond donors (Lipinski definition) is 1. The van der Waals surface area contributed by atoms with Crippen LogP contribution >= 0.6 is 0 Å². The molecule has 0 bridgehead atoms. The third kappa shape index (κ3) is 4.54. The zero-order valence-electron chi connectivity index (χ0n) is 26.1. The van der Waals surface area contributed by atoms with Crippen molar-refractivity contribution in [2.45, 2.75) is 119 Å². The van der Waals surface area contributed by atoms with Gasteiger partial charge in [-0.2, -0.15) is 0 Å². The van der Waals surface area contributed by atoms with Crippen LogP contribution in [0.5, 0.6) is 0 Å². The molecule has 0 aromatic carbocycles. The van der Waals surface area contributed by atoms with Gasteiger partial charge in [0.25, 0.3) is 0 Å². The van der Waals surface area contributed by atoms with Gasteiger partial charge in [0.1, 0.15) is 0 Å². The molecule has 2 unspecified atom stereocenters. The maximum absolute atomic E-state index is 14.4. The summed E-state index contributed by atoms with van der Waals surface area (Å²) >= 11 is 0. The minimum Gasteiger partial charge on any atom is -0.469 e. The summed E-state index contributed by atoms with van der Waals surface area (Å²) < 4.78 is 5.02. The van der Waals surface area contributed by atoms with Gasteiger partial charge in [0.2, 0.25) is 5.91 Å². The molecular formula is C34H53NO4. The van der Waals surface area contributed by atoms with E-state index in [1.807, 2.05) is 19.9 Å².